The first-order valence-corrected chi connectivity index (χ1v) is 7.04. The second-order valence-corrected chi connectivity index (χ2v) is 5.93. The summed E-state index contributed by atoms with van der Waals surface area (Å²) in [6, 6.07) is 6.14. The van der Waals surface area contributed by atoms with Gasteiger partial charge in [-0.05, 0) is 46.0 Å². The van der Waals surface area contributed by atoms with Crippen molar-refractivity contribution < 1.29 is 0 Å². The maximum absolute atomic E-state index is 6.23. The van der Waals surface area contributed by atoms with Crippen LogP contribution in [-0.4, -0.2) is 0 Å². The predicted octanol–water partition coefficient (Wildman–Crippen LogP) is 4.68. The maximum atomic E-state index is 6.23. The Balaban J connectivity index is 2.02. The van der Waals surface area contributed by atoms with Crippen LogP contribution in [0.2, 0.25) is 5.02 Å². The van der Waals surface area contributed by atoms with Crippen molar-refractivity contribution in [1.29, 1.82) is 0 Å². The molecule has 1 saturated carbocycles. The minimum Gasteiger partial charge on any atom is -0.324 e. The summed E-state index contributed by atoms with van der Waals surface area (Å²) < 4.78 is 0.938. The van der Waals surface area contributed by atoms with Crippen molar-refractivity contribution in [3.8, 4) is 0 Å². The van der Waals surface area contributed by atoms with Gasteiger partial charge in [0, 0.05) is 10.5 Å². The number of nitrogens with two attached hydrogens (primary N) is 1. The van der Waals surface area contributed by atoms with Gasteiger partial charge >= 0.3 is 0 Å². The van der Waals surface area contributed by atoms with Gasteiger partial charge in [0.15, 0.2) is 0 Å². The summed E-state index contributed by atoms with van der Waals surface area (Å²) in [6.45, 7) is 0. The molecule has 3 heteroatoms. The predicted molar refractivity (Wildman–Crippen MR) is 72.7 cm³/mol. The van der Waals surface area contributed by atoms with E-state index in [1.807, 2.05) is 18.2 Å². The summed E-state index contributed by atoms with van der Waals surface area (Å²) >= 11 is 9.41. The molecule has 1 aromatic rings. The third-order valence-electron chi connectivity index (χ3n) is 3.43. The van der Waals surface area contributed by atoms with Gasteiger partial charge in [-0.2, -0.15) is 0 Å². The lowest BCUT2D eigenvalue weighted by atomic mass is 9.94. The van der Waals surface area contributed by atoms with Crippen LogP contribution in [0.3, 0.4) is 0 Å². The molecule has 0 amide bonds. The molecule has 1 aliphatic carbocycles. The Kier molecular flexibility index (Phi) is 4.28. The molecule has 16 heavy (non-hydrogen) atoms. The molecule has 0 spiro atoms. The second-order valence-electron chi connectivity index (χ2n) is 4.67. The van der Waals surface area contributed by atoms with E-state index >= 15 is 0 Å². The highest BCUT2D eigenvalue weighted by Gasteiger charge is 2.19. The van der Waals surface area contributed by atoms with Gasteiger partial charge in [0.25, 0.3) is 0 Å². The average molecular weight is 303 g/mol. The van der Waals surface area contributed by atoms with Crippen molar-refractivity contribution in [2.24, 2.45) is 11.7 Å². The Hall–Kier alpha value is -0.0500. The summed E-state index contributed by atoms with van der Waals surface area (Å²) in [7, 11) is 0. The van der Waals surface area contributed by atoms with Crippen molar-refractivity contribution in [1.82, 2.24) is 0 Å². The van der Waals surface area contributed by atoms with Crippen LogP contribution in [0, 0.1) is 5.92 Å². The van der Waals surface area contributed by atoms with Gasteiger partial charge < -0.3 is 5.73 Å². The van der Waals surface area contributed by atoms with Crippen LogP contribution >= 0.6 is 27.5 Å². The molecule has 0 bridgehead atoms. The summed E-state index contributed by atoms with van der Waals surface area (Å²) in [5, 5.41) is 0.747. The van der Waals surface area contributed by atoms with Crippen molar-refractivity contribution in [3.05, 3.63) is 33.3 Å². The molecule has 0 aromatic heterocycles. The number of halogens is 2. The van der Waals surface area contributed by atoms with Crippen LogP contribution in [-0.2, 0) is 0 Å². The molecule has 2 N–H and O–H groups in total. The van der Waals surface area contributed by atoms with Gasteiger partial charge in [-0.3, -0.25) is 0 Å². The molecule has 1 aromatic carbocycles. The first kappa shape index (κ1) is 12.4. The van der Waals surface area contributed by atoms with Gasteiger partial charge in [0.2, 0.25) is 0 Å². The fraction of sp³-hybridized carbons (Fsp3) is 0.538. The van der Waals surface area contributed by atoms with Gasteiger partial charge in [0.1, 0.15) is 0 Å². The first-order valence-electron chi connectivity index (χ1n) is 5.87. The van der Waals surface area contributed by atoms with Crippen molar-refractivity contribution in [2.45, 2.75) is 38.1 Å². The Morgan fingerprint density at radius 2 is 2.06 bits per heavy atom. The van der Waals surface area contributed by atoms with Crippen LogP contribution in [0.5, 0.6) is 0 Å². The highest BCUT2D eigenvalue weighted by atomic mass is 79.9. The molecular formula is C13H17BrClN. The third kappa shape index (κ3) is 2.99. The molecule has 1 aliphatic rings. The molecule has 0 radical (unpaired) electrons. The lowest BCUT2D eigenvalue weighted by Gasteiger charge is -2.17. The molecule has 1 atom stereocenters. The maximum Gasteiger partial charge on any atom is 0.0548 e. The molecule has 0 heterocycles. The fourth-order valence-electron chi connectivity index (χ4n) is 2.48. The van der Waals surface area contributed by atoms with Gasteiger partial charge in [-0.15, -0.1) is 0 Å². The largest absolute Gasteiger partial charge is 0.324 e. The number of hydrogen-bond donors (Lipinski definition) is 1. The zero-order valence-corrected chi connectivity index (χ0v) is 11.6. The van der Waals surface area contributed by atoms with Gasteiger partial charge in [0.05, 0.1) is 5.02 Å². The SMILES string of the molecule is NC(CC1CCCC1)c1ccc(Cl)c(Br)c1. The van der Waals surface area contributed by atoms with E-state index in [4.69, 9.17) is 17.3 Å². The lowest BCUT2D eigenvalue weighted by Crippen LogP contribution is -2.14. The van der Waals surface area contributed by atoms with Crippen LogP contribution in [0.4, 0.5) is 0 Å². The summed E-state index contributed by atoms with van der Waals surface area (Å²) in [5.41, 5.74) is 7.41. The smallest absolute Gasteiger partial charge is 0.0548 e. The molecular weight excluding hydrogens is 286 g/mol. The first-order chi connectivity index (χ1) is 7.66. The van der Waals surface area contributed by atoms with Crippen LogP contribution in [0.15, 0.2) is 22.7 Å². The molecule has 0 aliphatic heterocycles. The molecule has 2 rings (SSSR count). The summed E-state index contributed by atoms with van der Waals surface area (Å²) in [5.74, 6) is 0.824. The lowest BCUT2D eigenvalue weighted by molar-refractivity contribution is 0.451. The van der Waals surface area contributed by atoms with Gasteiger partial charge in [-0.1, -0.05) is 43.4 Å². The topological polar surface area (TPSA) is 26.0 Å². The van der Waals surface area contributed by atoms with E-state index in [2.05, 4.69) is 15.9 Å². The van der Waals surface area contributed by atoms with Crippen LogP contribution in [0.1, 0.15) is 43.7 Å². The average Bonchev–Trinajstić information content (AvgIpc) is 2.74. The number of benzene rings is 1. The van der Waals surface area contributed by atoms with E-state index in [0.29, 0.717) is 0 Å². The van der Waals surface area contributed by atoms with E-state index < -0.39 is 0 Å². The minimum atomic E-state index is 0.150. The number of hydrogen-bond acceptors (Lipinski definition) is 1. The highest BCUT2D eigenvalue weighted by molar-refractivity contribution is 9.10. The minimum absolute atomic E-state index is 0.150. The van der Waals surface area contributed by atoms with Crippen molar-refractivity contribution in [3.63, 3.8) is 0 Å². The van der Waals surface area contributed by atoms with E-state index in [-0.39, 0.29) is 6.04 Å². The Morgan fingerprint density at radius 1 is 1.38 bits per heavy atom. The zero-order chi connectivity index (χ0) is 11.5. The highest BCUT2D eigenvalue weighted by Crippen LogP contribution is 2.33. The van der Waals surface area contributed by atoms with Crippen molar-refractivity contribution >= 4 is 27.5 Å². The molecule has 1 unspecified atom stereocenters. The fourth-order valence-corrected chi connectivity index (χ4v) is 3.00. The third-order valence-corrected chi connectivity index (χ3v) is 4.65. The molecule has 1 fully saturated rings. The van der Waals surface area contributed by atoms with E-state index in [1.165, 1.54) is 31.2 Å². The Morgan fingerprint density at radius 3 is 2.69 bits per heavy atom. The van der Waals surface area contributed by atoms with E-state index in [1.54, 1.807) is 0 Å². The standard InChI is InChI=1S/C13H17BrClN/c14-11-8-10(5-6-12(11)15)13(16)7-9-3-1-2-4-9/h5-6,8-9,13H,1-4,7,16H2. The summed E-state index contributed by atoms with van der Waals surface area (Å²) in [4.78, 5) is 0. The molecule has 88 valence electrons. The second kappa shape index (κ2) is 5.52. The van der Waals surface area contributed by atoms with Crippen molar-refractivity contribution in [2.75, 3.05) is 0 Å². The van der Waals surface area contributed by atoms with Crippen LogP contribution < -0.4 is 5.73 Å². The number of rotatable bonds is 3. The van der Waals surface area contributed by atoms with Gasteiger partial charge in [-0.25, -0.2) is 0 Å². The zero-order valence-electron chi connectivity index (χ0n) is 9.26. The summed E-state index contributed by atoms with van der Waals surface area (Å²) in [6.07, 6.45) is 6.56. The normalized spacial score (nSPS) is 18.9. The Bertz CT molecular complexity index is 361. The van der Waals surface area contributed by atoms with E-state index in [9.17, 15) is 0 Å². The molecule has 0 saturated heterocycles. The molecule has 1 nitrogen and oxygen atoms in total. The Labute approximate surface area is 110 Å². The monoisotopic (exact) mass is 301 g/mol. The van der Waals surface area contributed by atoms with E-state index in [0.717, 1.165) is 21.8 Å². The van der Waals surface area contributed by atoms with Crippen LogP contribution in [0.25, 0.3) is 0 Å². The quantitative estimate of drug-likeness (QED) is 0.862.